The lowest BCUT2D eigenvalue weighted by atomic mass is 10.0. The van der Waals surface area contributed by atoms with Gasteiger partial charge in [-0.1, -0.05) is 26.7 Å². The molecule has 0 rings (SSSR count). The molecule has 0 aliphatic heterocycles. The molecule has 0 fully saturated rings. The first-order valence-electron chi connectivity index (χ1n) is 7.77. The van der Waals surface area contributed by atoms with Gasteiger partial charge in [0.05, 0.1) is 11.2 Å². The first-order chi connectivity index (χ1) is 9.04. The van der Waals surface area contributed by atoms with Gasteiger partial charge in [-0.3, -0.25) is 0 Å². The summed E-state index contributed by atoms with van der Waals surface area (Å²) >= 11 is 0. The average Bonchev–Trinajstić information content (AvgIpc) is 2.29. The molecule has 0 aromatic heterocycles. The van der Waals surface area contributed by atoms with E-state index in [2.05, 4.69) is 13.8 Å². The van der Waals surface area contributed by atoms with Gasteiger partial charge < -0.3 is 0 Å². The van der Waals surface area contributed by atoms with Crippen molar-refractivity contribution < 1.29 is 19.6 Å². The molecule has 0 atom stereocenters. The number of rotatable bonds is 9. The van der Waals surface area contributed by atoms with Gasteiger partial charge in [0.1, 0.15) is 0 Å². The fraction of sp³-hybridized carbons (Fsp3) is 1.00. The van der Waals surface area contributed by atoms with Crippen LogP contribution < -0.4 is 0 Å². The summed E-state index contributed by atoms with van der Waals surface area (Å²) in [5, 5.41) is 0. The summed E-state index contributed by atoms with van der Waals surface area (Å²) in [6, 6.07) is 0. The molecule has 0 heterocycles. The van der Waals surface area contributed by atoms with E-state index in [4.69, 9.17) is 19.6 Å². The Labute approximate surface area is 125 Å². The van der Waals surface area contributed by atoms with Gasteiger partial charge in [0, 0.05) is 12.8 Å². The Morgan fingerprint density at radius 3 is 1.35 bits per heavy atom. The van der Waals surface area contributed by atoms with Crippen molar-refractivity contribution in [3.63, 3.8) is 0 Å². The van der Waals surface area contributed by atoms with E-state index in [-0.39, 0.29) is 11.2 Å². The van der Waals surface area contributed by atoms with Crippen molar-refractivity contribution in [1.82, 2.24) is 0 Å². The van der Waals surface area contributed by atoms with Gasteiger partial charge in [-0.05, 0) is 48.0 Å². The molecule has 122 valence electrons. The average molecular weight is 290 g/mol. The SMILES string of the molecule is CCCCC(CCC)(OOC(C)(C)C)OOC(C)(C)C. The van der Waals surface area contributed by atoms with Gasteiger partial charge in [-0.25, -0.2) is 9.78 Å². The Morgan fingerprint density at radius 2 is 1.05 bits per heavy atom. The van der Waals surface area contributed by atoms with Crippen molar-refractivity contribution in [3.8, 4) is 0 Å². The Morgan fingerprint density at radius 1 is 0.600 bits per heavy atom. The highest BCUT2D eigenvalue weighted by Gasteiger charge is 2.37. The van der Waals surface area contributed by atoms with Crippen LogP contribution in [0.3, 0.4) is 0 Å². The van der Waals surface area contributed by atoms with Crippen LogP contribution in [0.2, 0.25) is 0 Å². The van der Waals surface area contributed by atoms with E-state index in [1.54, 1.807) is 0 Å². The lowest BCUT2D eigenvalue weighted by Gasteiger charge is -2.35. The molecule has 4 heteroatoms. The summed E-state index contributed by atoms with van der Waals surface area (Å²) < 4.78 is 0. The first-order valence-corrected chi connectivity index (χ1v) is 7.77. The van der Waals surface area contributed by atoms with Crippen molar-refractivity contribution in [2.45, 2.75) is 104 Å². The van der Waals surface area contributed by atoms with Crippen LogP contribution in [0.25, 0.3) is 0 Å². The summed E-state index contributed by atoms with van der Waals surface area (Å²) in [6.07, 6.45) is 4.50. The summed E-state index contributed by atoms with van der Waals surface area (Å²) in [5.74, 6) is -0.828. The minimum atomic E-state index is -0.828. The van der Waals surface area contributed by atoms with E-state index in [1.807, 2.05) is 41.5 Å². The molecular formula is C16H34O4. The van der Waals surface area contributed by atoms with Crippen LogP contribution in [0, 0.1) is 0 Å². The van der Waals surface area contributed by atoms with Gasteiger partial charge in [-0.15, -0.1) is 0 Å². The standard InChI is InChI=1S/C16H34O4/c1-9-11-13-16(12-10-2,19-17-14(3,4)5)20-18-15(6,7)8/h9-13H2,1-8H3. The molecule has 0 spiro atoms. The molecule has 0 bridgehead atoms. The molecule has 20 heavy (non-hydrogen) atoms. The molecule has 4 nitrogen and oxygen atoms in total. The van der Waals surface area contributed by atoms with Crippen LogP contribution in [0.4, 0.5) is 0 Å². The topological polar surface area (TPSA) is 36.9 Å². The van der Waals surface area contributed by atoms with Gasteiger partial charge in [-0.2, -0.15) is 9.78 Å². The van der Waals surface area contributed by atoms with Crippen LogP contribution in [0.5, 0.6) is 0 Å². The highest BCUT2D eigenvalue weighted by molar-refractivity contribution is 4.68. The molecular weight excluding hydrogens is 256 g/mol. The molecule has 0 saturated carbocycles. The smallest absolute Gasteiger partial charge is 0.228 e. The van der Waals surface area contributed by atoms with E-state index in [9.17, 15) is 0 Å². The summed E-state index contributed by atoms with van der Waals surface area (Å²) in [5.41, 5.74) is -0.757. The third-order valence-electron chi connectivity index (χ3n) is 2.43. The third kappa shape index (κ3) is 9.70. The minimum Gasteiger partial charge on any atom is -0.228 e. The molecule has 0 amide bonds. The largest absolute Gasteiger partial charge is 0.234 e. The molecule has 0 aromatic rings. The number of hydrogen-bond acceptors (Lipinski definition) is 4. The monoisotopic (exact) mass is 290 g/mol. The second-order valence-corrected chi connectivity index (χ2v) is 7.32. The van der Waals surface area contributed by atoms with Crippen LogP contribution in [0.15, 0.2) is 0 Å². The predicted molar refractivity (Wildman–Crippen MR) is 81.0 cm³/mol. The van der Waals surface area contributed by atoms with Gasteiger partial charge in [0.25, 0.3) is 0 Å². The summed E-state index contributed by atoms with van der Waals surface area (Å²) in [6.45, 7) is 16.0. The van der Waals surface area contributed by atoms with Gasteiger partial charge in [0.2, 0.25) is 5.79 Å². The van der Waals surface area contributed by atoms with E-state index in [0.717, 1.165) is 32.1 Å². The highest BCUT2D eigenvalue weighted by atomic mass is 17.3. The zero-order valence-corrected chi connectivity index (χ0v) is 14.7. The van der Waals surface area contributed by atoms with E-state index in [0.29, 0.717) is 0 Å². The van der Waals surface area contributed by atoms with Crippen LogP contribution in [-0.2, 0) is 19.6 Å². The quantitative estimate of drug-likeness (QED) is 0.333. The maximum atomic E-state index is 5.68. The van der Waals surface area contributed by atoms with Crippen molar-refractivity contribution in [2.75, 3.05) is 0 Å². The van der Waals surface area contributed by atoms with Crippen molar-refractivity contribution in [1.29, 1.82) is 0 Å². The fourth-order valence-corrected chi connectivity index (χ4v) is 1.53. The second kappa shape index (κ2) is 8.32. The molecule has 0 aliphatic carbocycles. The first kappa shape index (κ1) is 19.8. The van der Waals surface area contributed by atoms with Crippen molar-refractivity contribution in [3.05, 3.63) is 0 Å². The van der Waals surface area contributed by atoms with E-state index < -0.39 is 5.79 Å². The Balaban J connectivity index is 4.82. The molecule has 0 N–H and O–H groups in total. The fourth-order valence-electron chi connectivity index (χ4n) is 1.53. The zero-order valence-electron chi connectivity index (χ0n) is 14.7. The van der Waals surface area contributed by atoms with Crippen molar-refractivity contribution >= 4 is 0 Å². The molecule has 0 aromatic carbocycles. The molecule has 0 aliphatic rings. The van der Waals surface area contributed by atoms with E-state index >= 15 is 0 Å². The molecule has 0 unspecified atom stereocenters. The van der Waals surface area contributed by atoms with E-state index in [1.165, 1.54) is 0 Å². The minimum absolute atomic E-state index is 0.379. The summed E-state index contributed by atoms with van der Waals surface area (Å²) in [4.78, 5) is 22.4. The maximum Gasteiger partial charge on any atom is 0.234 e. The lowest BCUT2D eigenvalue weighted by Crippen LogP contribution is -2.41. The van der Waals surface area contributed by atoms with Gasteiger partial charge in [0.15, 0.2) is 0 Å². The Bertz CT molecular complexity index is 232. The second-order valence-electron chi connectivity index (χ2n) is 7.32. The lowest BCUT2D eigenvalue weighted by molar-refractivity contribution is -0.543. The van der Waals surface area contributed by atoms with Gasteiger partial charge >= 0.3 is 0 Å². The highest BCUT2D eigenvalue weighted by Crippen LogP contribution is 2.31. The predicted octanol–water partition coefficient (Wildman–Crippen LogP) is 5.17. The maximum absolute atomic E-state index is 5.68. The Kier molecular flexibility index (Phi) is 8.26. The van der Waals surface area contributed by atoms with Crippen molar-refractivity contribution in [2.24, 2.45) is 0 Å². The number of unbranched alkanes of at least 4 members (excludes halogenated alkanes) is 1. The van der Waals surface area contributed by atoms with Crippen LogP contribution >= 0.6 is 0 Å². The number of hydrogen-bond donors (Lipinski definition) is 0. The third-order valence-corrected chi connectivity index (χ3v) is 2.43. The Hall–Kier alpha value is -0.160. The zero-order chi connectivity index (χ0) is 15.9. The van der Waals surface area contributed by atoms with Crippen LogP contribution in [0.1, 0.15) is 87.5 Å². The normalized spacial score (nSPS) is 13.8. The molecule has 0 radical (unpaired) electrons. The summed E-state index contributed by atoms with van der Waals surface area (Å²) in [7, 11) is 0. The molecule has 0 saturated heterocycles. The van der Waals surface area contributed by atoms with Crippen LogP contribution in [-0.4, -0.2) is 17.0 Å².